The first-order valence-electron chi connectivity index (χ1n) is 7.75. The van der Waals surface area contributed by atoms with Gasteiger partial charge in [-0.25, -0.2) is 4.79 Å². The molecule has 1 aromatic carbocycles. The average Bonchev–Trinajstić information content (AvgIpc) is 2.48. The number of rotatable bonds is 11. The fraction of sp³-hybridized carbons (Fsp3) is 0.588. The number of hydrogen-bond acceptors (Lipinski definition) is 3. The van der Waals surface area contributed by atoms with Crippen LogP contribution in [0.25, 0.3) is 0 Å². The molecule has 0 spiro atoms. The molecule has 1 N–H and O–H groups in total. The quantitative estimate of drug-likeness (QED) is 0.619. The predicted molar refractivity (Wildman–Crippen MR) is 83.0 cm³/mol. The van der Waals surface area contributed by atoms with E-state index in [1.54, 1.807) is 24.3 Å². The zero-order chi connectivity index (χ0) is 15.5. The lowest BCUT2D eigenvalue weighted by atomic mass is 10.1. The number of unbranched alkanes of at least 4 members (excludes halogenated alkanes) is 5. The topological polar surface area (TPSA) is 55.8 Å². The molecule has 1 aromatic rings. The summed E-state index contributed by atoms with van der Waals surface area (Å²) in [5.74, 6) is 0.356. The Hall–Kier alpha value is -1.71. The van der Waals surface area contributed by atoms with Gasteiger partial charge >= 0.3 is 5.97 Å². The molecule has 0 saturated carbocycles. The highest BCUT2D eigenvalue weighted by atomic mass is 16.5. The van der Waals surface area contributed by atoms with Crippen molar-refractivity contribution < 1.29 is 19.4 Å². The molecule has 0 heterocycles. The first-order chi connectivity index (χ1) is 10.1. The lowest BCUT2D eigenvalue weighted by Gasteiger charge is -2.11. The van der Waals surface area contributed by atoms with Crippen molar-refractivity contribution in [1.82, 2.24) is 0 Å². The van der Waals surface area contributed by atoms with Crippen LogP contribution in [0.3, 0.4) is 0 Å². The van der Waals surface area contributed by atoms with E-state index in [0.29, 0.717) is 5.75 Å². The molecule has 0 saturated heterocycles. The zero-order valence-corrected chi connectivity index (χ0v) is 13.0. The SMILES string of the molecule is CCCCCCCCOc1ccc(O[C@@H](C)C(=O)O)cc1. The normalized spacial score (nSPS) is 11.9. The van der Waals surface area contributed by atoms with Gasteiger partial charge in [0, 0.05) is 0 Å². The van der Waals surface area contributed by atoms with Gasteiger partial charge in [0.25, 0.3) is 0 Å². The van der Waals surface area contributed by atoms with Crippen LogP contribution in [0.15, 0.2) is 24.3 Å². The molecule has 0 radical (unpaired) electrons. The molecule has 0 unspecified atom stereocenters. The fourth-order valence-corrected chi connectivity index (χ4v) is 1.94. The molecule has 0 fully saturated rings. The molecular formula is C17H26O4. The summed E-state index contributed by atoms with van der Waals surface area (Å²) < 4.78 is 10.9. The lowest BCUT2D eigenvalue weighted by molar-refractivity contribution is -0.144. The van der Waals surface area contributed by atoms with E-state index in [0.717, 1.165) is 18.8 Å². The van der Waals surface area contributed by atoms with E-state index in [9.17, 15) is 4.79 Å². The Kier molecular flexibility index (Phi) is 8.32. The molecule has 21 heavy (non-hydrogen) atoms. The van der Waals surface area contributed by atoms with Gasteiger partial charge in [-0.2, -0.15) is 0 Å². The number of hydrogen-bond donors (Lipinski definition) is 1. The highest BCUT2D eigenvalue weighted by Gasteiger charge is 2.11. The van der Waals surface area contributed by atoms with Gasteiger partial charge in [-0.3, -0.25) is 0 Å². The van der Waals surface area contributed by atoms with Gasteiger partial charge in [0.15, 0.2) is 6.10 Å². The number of carboxylic acids is 1. The molecule has 0 aliphatic carbocycles. The van der Waals surface area contributed by atoms with Gasteiger partial charge in [0.2, 0.25) is 0 Å². The van der Waals surface area contributed by atoms with Crippen molar-refractivity contribution >= 4 is 5.97 Å². The summed E-state index contributed by atoms with van der Waals surface area (Å²) >= 11 is 0. The average molecular weight is 294 g/mol. The van der Waals surface area contributed by atoms with Gasteiger partial charge in [-0.05, 0) is 37.6 Å². The highest BCUT2D eigenvalue weighted by Crippen LogP contribution is 2.19. The van der Waals surface area contributed by atoms with E-state index in [2.05, 4.69) is 6.92 Å². The van der Waals surface area contributed by atoms with E-state index in [1.165, 1.54) is 39.0 Å². The molecule has 4 heteroatoms. The maximum absolute atomic E-state index is 10.7. The van der Waals surface area contributed by atoms with Crippen molar-refractivity contribution in [2.24, 2.45) is 0 Å². The molecule has 0 bridgehead atoms. The van der Waals surface area contributed by atoms with Crippen molar-refractivity contribution in [2.75, 3.05) is 6.61 Å². The minimum atomic E-state index is -0.974. The summed E-state index contributed by atoms with van der Waals surface area (Å²) in [6, 6.07) is 7.08. The highest BCUT2D eigenvalue weighted by molar-refractivity contribution is 5.72. The van der Waals surface area contributed by atoms with Crippen LogP contribution >= 0.6 is 0 Å². The third kappa shape index (κ3) is 7.59. The van der Waals surface area contributed by atoms with Gasteiger partial charge in [0.05, 0.1) is 6.61 Å². The van der Waals surface area contributed by atoms with Gasteiger partial charge in [0.1, 0.15) is 11.5 Å². The Morgan fingerprint density at radius 2 is 1.62 bits per heavy atom. The Morgan fingerprint density at radius 3 is 2.24 bits per heavy atom. The summed E-state index contributed by atoms with van der Waals surface area (Å²) in [5, 5.41) is 8.77. The second kappa shape index (κ2) is 10.1. The van der Waals surface area contributed by atoms with Crippen molar-refractivity contribution in [3.63, 3.8) is 0 Å². The van der Waals surface area contributed by atoms with Crippen LogP contribution in [0.1, 0.15) is 52.4 Å². The second-order valence-corrected chi connectivity index (χ2v) is 5.19. The van der Waals surface area contributed by atoms with E-state index in [4.69, 9.17) is 14.6 Å². The number of benzene rings is 1. The third-order valence-corrected chi connectivity index (χ3v) is 3.25. The van der Waals surface area contributed by atoms with Crippen molar-refractivity contribution in [3.05, 3.63) is 24.3 Å². The Labute approximate surface area is 127 Å². The summed E-state index contributed by atoms with van der Waals surface area (Å²) in [6.45, 7) is 4.44. The van der Waals surface area contributed by atoms with Crippen LogP contribution < -0.4 is 9.47 Å². The molecule has 1 rings (SSSR count). The van der Waals surface area contributed by atoms with Gasteiger partial charge in [-0.1, -0.05) is 39.0 Å². The maximum Gasteiger partial charge on any atom is 0.344 e. The molecule has 4 nitrogen and oxygen atoms in total. The summed E-state index contributed by atoms with van der Waals surface area (Å²) in [5.41, 5.74) is 0. The van der Waals surface area contributed by atoms with E-state index < -0.39 is 12.1 Å². The first kappa shape index (κ1) is 17.3. The number of carbonyl (C=O) groups is 1. The smallest absolute Gasteiger partial charge is 0.344 e. The molecular weight excluding hydrogens is 268 g/mol. The van der Waals surface area contributed by atoms with E-state index in [1.807, 2.05) is 0 Å². The maximum atomic E-state index is 10.7. The number of carboxylic acid groups (broad SMARTS) is 1. The summed E-state index contributed by atoms with van der Waals surface area (Å²) in [6.07, 6.45) is 6.60. The van der Waals surface area contributed by atoms with Crippen molar-refractivity contribution in [2.45, 2.75) is 58.5 Å². The molecule has 0 amide bonds. The summed E-state index contributed by atoms with van der Waals surface area (Å²) in [4.78, 5) is 10.7. The molecule has 0 aliphatic heterocycles. The zero-order valence-electron chi connectivity index (χ0n) is 13.0. The monoisotopic (exact) mass is 294 g/mol. The van der Waals surface area contributed by atoms with Crippen LogP contribution in [0.2, 0.25) is 0 Å². The number of ether oxygens (including phenoxy) is 2. The predicted octanol–water partition coefficient (Wildman–Crippen LogP) is 4.28. The van der Waals surface area contributed by atoms with Gasteiger partial charge < -0.3 is 14.6 Å². The van der Waals surface area contributed by atoms with Crippen LogP contribution in [0, 0.1) is 0 Å². The standard InChI is InChI=1S/C17H26O4/c1-3-4-5-6-7-8-13-20-15-9-11-16(12-10-15)21-14(2)17(18)19/h9-12,14H,3-8,13H2,1-2H3,(H,18,19)/t14-/m0/s1. The second-order valence-electron chi connectivity index (χ2n) is 5.19. The molecule has 0 aromatic heterocycles. The minimum absolute atomic E-state index is 0.539. The minimum Gasteiger partial charge on any atom is -0.494 e. The van der Waals surface area contributed by atoms with Crippen molar-refractivity contribution in [3.8, 4) is 11.5 Å². The van der Waals surface area contributed by atoms with Gasteiger partial charge in [-0.15, -0.1) is 0 Å². The third-order valence-electron chi connectivity index (χ3n) is 3.25. The summed E-state index contributed by atoms with van der Waals surface area (Å²) in [7, 11) is 0. The van der Waals surface area contributed by atoms with Crippen molar-refractivity contribution in [1.29, 1.82) is 0 Å². The molecule has 1 atom stereocenters. The Bertz CT molecular complexity index is 400. The van der Waals surface area contributed by atoms with Crippen LogP contribution in [-0.4, -0.2) is 23.8 Å². The van der Waals surface area contributed by atoms with Crippen LogP contribution in [-0.2, 0) is 4.79 Å². The molecule has 0 aliphatic rings. The largest absolute Gasteiger partial charge is 0.494 e. The Balaban J connectivity index is 2.20. The Morgan fingerprint density at radius 1 is 1.05 bits per heavy atom. The first-order valence-corrected chi connectivity index (χ1v) is 7.75. The van der Waals surface area contributed by atoms with Crippen LogP contribution in [0.4, 0.5) is 0 Å². The number of aliphatic carboxylic acids is 1. The van der Waals surface area contributed by atoms with E-state index in [-0.39, 0.29) is 0 Å². The van der Waals surface area contributed by atoms with E-state index >= 15 is 0 Å². The fourth-order valence-electron chi connectivity index (χ4n) is 1.94. The lowest BCUT2D eigenvalue weighted by Crippen LogP contribution is -2.22. The van der Waals surface area contributed by atoms with Crippen LogP contribution in [0.5, 0.6) is 11.5 Å². The molecule has 118 valence electrons.